The predicted molar refractivity (Wildman–Crippen MR) is 87.8 cm³/mol. The first-order valence-corrected chi connectivity index (χ1v) is 7.53. The van der Waals surface area contributed by atoms with Crippen LogP contribution in [-0.4, -0.2) is 33.6 Å². The smallest absolute Gasteiger partial charge is 0.409 e. The lowest BCUT2D eigenvalue weighted by molar-refractivity contribution is -0.128. The molecule has 1 atom stereocenters. The maximum atomic E-state index is 12.3. The molecule has 0 aliphatic carbocycles. The van der Waals surface area contributed by atoms with Crippen LogP contribution in [0.15, 0.2) is 0 Å². The monoisotopic (exact) mass is 413 g/mol. The van der Waals surface area contributed by atoms with Gasteiger partial charge in [-0.1, -0.05) is 20.8 Å². The minimum Gasteiger partial charge on any atom is -0.444 e. The number of carbonyl (C=O) groups is 3. The summed E-state index contributed by atoms with van der Waals surface area (Å²) < 4.78 is 3.89. The van der Waals surface area contributed by atoms with E-state index in [2.05, 4.69) is 10.6 Å². The van der Waals surface area contributed by atoms with Crippen molar-refractivity contribution in [3.05, 3.63) is 0 Å². The Morgan fingerprint density at radius 3 is 1.90 bits per heavy atom. The fourth-order valence-corrected chi connectivity index (χ4v) is 1.73. The van der Waals surface area contributed by atoms with Gasteiger partial charge in [0.05, 0.1) is 6.54 Å². The van der Waals surface area contributed by atoms with Gasteiger partial charge in [0.25, 0.3) is 5.91 Å². The van der Waals surface area contributed by atoms with Crippen molar-refractivity contribution in [3.8, 4) is 0 Å². The molecule has 0 radical (unpaired) electrons. The Balaban J connectivity index is 5.15. The Hall–Kier alpha value is -1.06. The van der Waals surface area contributed by atoms with Gasteiger partial charge in [-0.05, 0) is 43.4 Å². The van der Waals surface area contributed by atoms with Gasteiger partial charge in [-0.25, -0.2) is 4.79 Å². The van der Waals surface area contributed by atoms with Crippen LogP contribution in [0.25, 0.3) is 0 Å². The third-order valence-corrected chi connectivity index (χ3v) is 4.82. The van der Waals surface area contributed by atoms with Crippen molar-refractivity contribution < 1.29 is 19.1 Å². The van der Waals surface area contributed by atoms with E-state index in [0.717, 1.165) is 0 Å². The van der Waals surface area contributed by atoms with Crippen LogP contribution in [0.2, 0.25) is 0 Å². The number of amides is 3. The summed E-state index contributed by atoms with van der Waals surface area (Å²) in [6.45, 7) is 10.3. The van der Waals surface area contributed by atoms with E-state index in [1.165, 1.54) is 0 Å². The maximum absolute atomic E-state index is 12.3. The molecule has 7 nitrogen and oxygen atoms in total. The number of halogens is 1. The molecule has 21 heavy (non-hydrogen) atoms. The zero-order valence-electron chi connectivity index (χ0n) is 13.3. The standard InChI is InChI=1S/C13H24IN3O4/c1-11(2,3)13(14,9(19)16-7-8(15)18)17-10(20)21-12(4,5)6/h7H2,1-6H3,(H2,15,18)(H,16,19)(H,17,20)/t13-/m0/s1. The van der Waals surface area contributed by atoms with Crippen molar-refractivity contribution in [1.29, 1.82) is 0 Å². The quantitative estimate of drug-likeness (QED) is 0.367. The molecule has 0 heterocycles. The highest BCUT2D eigenvalue weighted by molar-refractivity contribution is 14.1. The Morgan fingerprint density at radius 1 is 1.10 bits per heavy atom. The summed E-state index contributed by atoms with van der Waals surface area (Å²) in [5, 5.41) is 4.98. The summed E-state index contributed by atoms with van der Waals surface area (Å²) in [5.41, 5.74) is 3.71. The second-order valence-electron chi connectivity index (χ2n) is 6.68. The molecule has 0 saturated heterocycles. The van der Waals surface area contributed by atoms with Gasteiger partial charge in [0.2, 0.25) is 5.91 Å². The van der Waals surface area contributed by atoms with Crippen LogP contribution in [0.3, 0.4) is 0 Å². The Labute approximate surface area is 138 Å². The molecule has 4 N–H and O–H groups in total. The van der Waals surface area contributed by atoms with Crippen LogP contribution in [0.4, 0.5) is 4.79 Å². The molecule has 0 unspecified atom stereocenters. The van der Waals surface area contributed by atoms with Crippen LogP contribution < -0.4 is 16.4 Å². The number of alkyl halides is 1. The van der Waals surface area contributed by atoms with E-state index in [-0.39, 0.29) is 6.54 Å². The van der Waals surface area contributed by atoms with Gasteiger partial charge in [0.1, 0.15) is 5.60 Å². The van der Waals surface area contributed by atoms with Gasteiger partial charge in [-0.15, -0.1) is 0 Å². The summed E-state index contributed by atoms with van der Waals surface area (Å²) in [4.78, 5) is 35.1. The fraction of sp³-hybridized carbons (Fsp3) is 0.769. The molecule has 8 heteroatoms. The van der Waals surface area contributed by atoms with Gasteiger partial charge in [-0.3, -0.25) is 14.9 Å². The summed E-state index contributed by atoms with van der Waals surface area (Å²) in [6.07, 6.45) is -0.707. The van der Waals surface area contributed by atoms with E-state index in [0.29, 0.717) is 0 Å². The second-order valence-corrected chi connectivity index (χ2v) is 8.30. The van der Waals surface area contributed by atoms with Crippen molar-refractivity contribution in [1.82, 2.24) is 10.6 Å². The minimum absolute atomic E-state index is 0.296. The predicted octanol–water partition coefficient (Wildman–Crippen LogP) is 1.29. The number of nitrogens with two attached hydrogens (primary N) is 1. The lowest BCUT2D eigenvalue weighted by Crippen LogP contribution is -2.62. The molecule has 0 aromatic rings. The average Bonchev–Trinajstić information content (AvgIpc) is 2.20. The first-order chi connectivity index (χ1) is 9.19. The molecule has 0 fully saturated rings. The van der Waals surface area contributed by atoms with Crippen molar-refractivity contribution in [3.63, 3.8) is 0 Å². The van der Waals surface area contributed by atoms with Crippen LogP contribution in [0.1, 0.15) is 41.5 Å². The van der Waals surface area contributed by atoms with E-state index in [1.807, 2.05) is 22.6 Å². The Kier molecular flexibility index (Phi) is 6.46. The molecule has 0 spiro atoms. The van der Waals surface area contributed by atoms with Crippen molar-refractivity contribution in [2.45, 2.75) is 50.7 Å². The Morgan fingerprint density at radius 2 is 1.57 bits per heavy atom. The Bertz CT molecular complexity index is 426. The molecule has 0 saturated carbocycles. The first kappa shape index (κ1) is 19.9. The molecule has 0 aliphatic heterocycles. The molecule has 0 aromatic carbocycles. The van der Waals surface area contributed by atoms with Crippen LogP contribution >= 0.6 is 22.6 Å². The number of rotatable bonds is 4. The topological polar surface area (TPSA) is 111 Å². The van der Waals surface area contributed by atoms with Crippen LogP contribution in [0.5, 0.6) is 0 Å². The molecule has 0 aromatic heterocycles. The highest BCUT2D eigenvalue weighted by atomic mass is 127. The van der Waals surface area contributed by atoms with Crippen molar-refractivity contribution >= 4 is 40.5 Å². The molecule has 0 rings (SSSR count). The van der Waals surface area contributed by atoms with E-state index in [4.69, 9.17) is 10.5 Å². The summed E-state index contributed by atoms with van der Waals surface area (Å²) in [5.74, 6) is -1.17. The number of alkyl carbamates (subject to hydrolysis) is 1. The summed E-state index contributed by atoms with van der Waals surface area (Å²) >= 11 is 1.84. The minimum atomic E-state index is -1.29. The lowest BCUT2D eigenvalue weighted by atomic mass is 9.86. The number of hydrogen-bond acceptors (Lipinski definition) is 4. The van der Waals surface area contributed by atoms with Crippen molar-refractivity contribution in [2.24, 2.45) is 11.1 Å². The van der Waals surface area contributed by atoms with E-state index in [9.17, 15) is 14.4 Å². The number of hydrogen-bond donors (Lipinski definition) is 3. The van der Waals surface area contributed by atoms with Crippen molar-refractivity contribution in [2.75, 3.05) is 6.54 Å². The third-order valence-electron chi connectivity index (χ3n) is 2.44. The highest BCUT2D eigenvalue weighted by Crippen LogP contribution is 2.37. The van der Waals surface area contributed by atoms with E-state index >= 15 is 0 Å². The zero-order chi connectivity index (χ0) is 17.1. The third kappa shape index (κ3) is 6.49. The summed E-state index contributed by atoms with van der Waals surface area (Å²) in [6, 6.07) is 0. The molecule has 3 amide bonds. The SMILES string of the molecule is CC(C)(C)OC(=O)N[C@@](I)(C(=O)NCC(N)=O)C(C)(C)C. The van der Waals surface area contributed by atoms with Gasteiger partial charge in [-0.2, -0.15) is 0 Å². The summed E-state index contributed by atoms with van der Waals surface area (Å²) in [7, 11) is 0. The highest BCUT2D eigenvalue weighted by Gasteiger charge is 2.48. The average molecular weight is 413 g/mol. The largest absolute Gasteiger partial charge is 0.444 e. The van der Waals surface area contributed by atoms with E-state index < -0.39 is 32.5 Å². The zero-order valence-corrected chi connectivity index (χ0v) is 15.5. The number of primary amides is 1. The van der Waals surface area contributed by atoms with Gasteiger partial charge in [0, 0.05) is 5.41 Å². The lowest BCUT2D eigenvalue weighted by Gasteiger charge is -2.39. The fourth-order valence-electron chi connectivity index (χ4n) is 1.32. The second kappa shape index (κ2) is 6.80. The molecule has 122 valence electrons. The van der Waals surface area contributed by atoms with Gasteiger partial charge in [0.15, 0.2) is 3.55 Å². The molecule has 0 bridgehead atoms. The maximum Gasteiger partial charge on any atom is 0.409 e. The normalized spacial score (nSPS) is 14.8. The van der Waals surface area contributed by atoms with Gasteiger partial charge < -0.3 is 15.8 Å². The van der Waals surface area contributed by atoms with Gasteiger partial charge >= 0.3 is 6.09 Å². The molecular formula is C13H24IN3O4. The number of carbonyl (C=O) groups excluding carboxylic acids is 3. The van der Waals surface area contributed by atoms with Crippen LogP contribution in [0, 0.1) is 5.41 Å². The molecular weight excluding hydrogens is 389 g/mol. The molecule has 0 aliphatic rings. The van der Waals surface area contributed by atoms with E-state index in [1.54, 1.807) is 41.5 Å². The van der Waals surface area contributed by atoms with Crippen LogP contribution in [-0.2, 0) is 14.3 Å². The number of nitrogens with one attached hydrogen (secondary N) is 2. The number of ether oxygens (including phenoxy) is 1. The first-order valence-electron chi connectivity index (χ1n) is 6.46.